The Labute approximate surface area is 191 Å². The molecule has 6 heteroatoms. The smallest absolute Gasteiger partial charge is 0.330 e. The number of carbonyl (C=O) groups excluding carboxylic acids is 2. The van der Waals surface area contributed by atoms with Crippen LogP contribution in [0.4, 0.5) is 0 Å². The molecule has 2 rings (SSSR count). The molecule has 0 saturated carbocycles. The number of esters is 1. The van der Waals surface area contributed by atoms with E-state index >= 15 is 0 Å². The number of para-hydroxylation sites is 1. The summed E-state index contributed by atoms with van der Waals surface area (Å²) in [6.07, 6.45) is -0.112. The van der Waals surface area contributed by atoms with Gasteiger partial charge in [0.1, 0.15) is 12.3 Å². The summed E-state index contributed by atoms with van der Waals surface area (Å²) in [5.41, 5.74) is 1.59. The average molecular weight is 441 g/mol. The molecule has 0 radical (unpaired) electrons. The van der Waals surface area contributed by atoms with Crippen LogP contribution < -0.4 is 10.1 Å². The van der Waals surface area contributed by atoms with Gasteiger partial charge in [0.05, 0.1) is 6.10 Å². The van der Waals surface area contributed by atoms with E-state index in [0.717, 1.165) is 18.5 Å². The van der Waals surface area contributed by atoms with Crippen molar-refractivity contribution in [3.8, 4) is 5.75 Å². The lowest BCUT2D eigenvalue weighted by atomic mass is 9.86. The van der Waals surface area contributed by atoms with Gasteiger partial charge >= 0.3 is 5.97 Å². The van der Waals surface area contributed by atoms with Gasteiger partial charge in [-0.25, -0.2) is 4.79 Å². The highest BCUT2D eigenvalue weighted by atomic mass is 16.5. The van der Waals surface area contributed by atoms with Gasteiger partial charge in [0.2, 0.25) is 5.91 Å². The number of nitrogens with one attached hydrogen (secondary N) is 1. The zero-order valence-corrected chi connectivity index (χ0v) is 19.7. The standard InChI is InChI=1S/C26H36N2O4/c1-18(2)28(19(3)4)16-15-22(21-11-7-6-8-12-21)26(31)23-13-9-10-14-24(23)32-25(30)17-27-20(5)29/h6-14,18-19,22,26,31H,15-17H2,1-5H3,(H,27,29). The molecule has 2 aromatic carbocycles. The van der Waals surface area contributed by atoms with E-state index in [1.54, 1.807) is 18.2 Å². The number of carbonyl (C=O) groups is 2. The topological polar surface area (TPSA) is 78.9 Å². The maximum Gasteiger partial charge on any atom is 0.330 e. The fourth-order valence-electron chi connectivity index (χ4n) is 4.00. The van der Waals surface area contributed by atoms with Gasteiger partial charge < -0.3 is 15.2 Å². The van der Waals surface area contributed by atoms with Crippen LogP contribution in [0.2, 0.25) is 0 Å². The minimum Gasteiger partial charge on any atom is -0.425 e. The number of amides is 1. The molecule has 0 saturated heterocycles. The molecule has 0 heterocycles. The molecule has 1 amide bonds. The van der Waals surface area contributed by atoms with E-state index in [0.29, 0.717) is 23.4 Å². The van der Waals surface area contributed by atoms with Crippen molar-refractivity contribution >= 4 is 11.9 Å². The van der Waals surface area contributed by atoms with Gasteiger partial charge in [-0.05, 0) is 52.3 Å². The monoisotopic (exact) mass is 440 g/mol. The molecular formula is C26H36N2O4. The van der Waals surface area contributed by atoms with Crippen molar-refractivity contribution in [2.75, 3.05) is 13.1 Å². The highest BCUT2D eigenvalue weighted by Crippen LogP contribution is 2.38. The summed E-state index contributed by atoms with van der Waals surface area (Å²) in [5, 5.41) is 13.9. The molecule has 0 aliphatic rings. The van der Waals surface area contributed by atoms with E-state index in [-0.39, 0.29) is 18.4 Å². The van der Waals surface area contributed by atoms with Crippen molar-refractivity contribution in [1.82, 2.24) is 10.2 Å². The Morgan fingerprint density at radius 2 is 1.56 bits per heavy atom. The molecule has 0 fully saturated rings. The number of benzene rings is 2. The van der Waals surface area contributed by atoms with E-state index in [4.69, 9.17) is 4.74 Å². The SMILES string of the molecule is CC(=O)NCC(=O)Oc1ccccc1C(O)C(CCN(C(C)C)C(C)C)c1ccccc1. The first-order chi connectivity index (χ1) is 15.2. The van der Waals surface area contributed by atoms with E-state index in [2.05, 4.69) is 37.9 Å². The first-order valence-electron chi connectivity index (χ1n) is 11.2. The second-order valence-corrected chi connectivity index (χ2v) is 8.60. The lowest BCUT2D eigenvalue weighted by molar-refractivity contribution is -0.135. The molecule has 0 bridgehead atoms. The molecular weight excluding hydrogens is 404 g/mol. The maximum atomic E-state index is 12.2. The predicted molar refractivity (Wildman–Crippen MR) is 126 cm³/mol. The molecule has 0 aromatic heterocycles. The minimum absolute atomic E-state index is 0.175. The Morgan fingerprint density at radius 1 is 0.969 bits per heavy atom. The highest BCUT2D eigenvalue weighted by Gasteiger charge is 2.27. The van der Waals surface area contributed by atoms with Crippen molar-refractivity contribution in [1.29, 1.82) is 0 Å². The van der Waals surface area contributed by atoms with E-state index in [1.807, 2.05) is 36.4 Å². The molecule has 32 heavy (non-hydrogen) atoms. The summed E-state index contributed by atoms with van der Waals surface area (Å²) >= 11 is 0. The van der Waals surface area contributed by atoms with Crippen LogP contribution in [0.15, 0.2) is 54.6 Å². The summed E-state index contributed by atoms with van der Waals surface area (Å²) in [4.78, 5) is 25.7. The van der Waals surface area contributed by atoms with Crippen molar-refractivity contribution in [2.24, 2.45) is 0 Å². The second-order valence-electron chi connectivity index (χ2n) is 8.60. The molecule has 2 aromatic rings. The number of aliphatic hydroxyl groups is 1. The molecule has 174 valence electrons. The zero-order chi connectivity index (χ0) is 23.7. The Kier molecular flexibility index (Phi) is 9.88. The van der Waals surface area contributed by atoms with Crippen molar-refractivity contribution in [2.45, 2.75) is 65.1 Å². The quantitative estimate of drug-likeness (QED) is 0.407. The molecule has 2 unspecified atom stereocenters. The lowest BCUT2D eigenvalue weighted by Gasteiger charge is -2.33. The molecule has 2 N–H and O–H groups in total. The Hall–Kier alpha value is -2.70. The lowest BCUT2D eigenvalue weighted by Crippen LogP contribution is -2.38. The molecule has 2 atom stereocenters. The first-order valence-corrected chi connectivity index (χ1v) is 11.2. The molecule has 0 aliphatic carbocycles. The largest absolute Gasteiger partial charge is 0.425 e. The minimum atomic E-state index is -0.858. The Balaban J connectivity index is 2.29. The fraction of sp³-hybridized carbons (Fsp3) is 0.462. The van der Waals surface area contributed by atoms with Crippen LogP contribution in [0.5, 0.6) is 5.75 Å². The third kappa shape index (κ3) is 7.46. The molecule has 0 aliphatic heterocycles. The summed E-state index contributed by atoms with van der Waals surface area (Å²) in [5.74, 6) is -0.756. The number of aliphatic hydroxyl groups excluding tert-OH is 1. The van der Waals surface area contributed by atoms with Crippen molar-refractivity contribution < 1.29 is 19.4 Å². The third-order valence-electron chi connectivity index (χ3n) is 5.58. The zero-order valence-electron chi connectivity index (χ0n) is 19.7. The molecule has 6 nitrogen and oxygen atoms in total. The number of nitrogens with zero attached hydrogens (tertiary/aromatic N) is 1. The molecule has 0 spiro atoms. The van der Waals surface area contributed by atoms with Gasteiger partial charge in [0, 0.05) is 30.5 Å². The second kappa shape index (κ2) is 12.4. The predicted octanol–water partition coefficient (Wildman–Crippen LogP) is 4.05. The van der Waals surface area contributed by atoms with Gasteiger partial charge in [0.25, 0.3) is 0 Å². The van der Waals surface area contributed by atoms with E-state index in [9.17, 15) is 14.7 Å². The van der Waals surface area contributed by atoms with Gasteiger partial charge in [-0.3, -0.25) is 9.69 Å². The van der Waals surface area contributed by atoms with Crippen molar-refractivity contribution in [3.63, 3.8) is 0 Å². The van der Waals surface area contributed by atoms with Crippen LogP contribution in [0.3, 0.4) is 0 Å². The van der Waals surface area contributed by atoms with E-state index in [1.165, 1.54) is 6.92 Å². The number of hydrogen-bond donors (Lipinski definition) is 2. The van der Waals surface area contributed by atoms with Crippen molar-refractivity contribution in [3.05, 3.63) is 65.7 Å². The van der Waals surface area contributed by atoms with Crippen LogP contribution in [0.25, 0.3) is 0 Å². The first kappa shape index (κ1) is 25.6. The van der Waals surface area contributed by atoms with Crippen LogP contribution in [-0.2, 0) is 9.59 Å². The summed E-state index contributed by atoms with van der Waals surface area (Å²) in [6, 6.07) is 17.8. The van der Waals surface area contributed by atoms with E-state index < -0.39 is 12.1 Å². The van der Waals surface area contributed by atoms with Gasteiger partial charge in [0.15, 0.2) is 0 Å². The van der Waals surface area contributed by atoms with Crippen LogP contribution >= 0.6 is 0 Å². The fourth-order valence-corrected chi connectivity index (χ4v) is 4.00. The Bertz CT molecular complexity index is 859. The maximum absolute atomic E-state index is 12.2. The summed E-state index contributed by atoms with van der Waals surface area (Å²) < 4.78 is 5.48. The normalized spacial score (nSPS) is 13.3. The van der Waals surface area contributed by atoms with Crippen LogP contribution in [-0.4, -0.2) is 47.1 Å². The summed E-state index contributed by atoms with van der Waals surface area (Å²) in [6.45, 7) is 10.7. The highest BCUT2D eigenvalue weighted by molar-refractivity contribution is 5.81. The number of ether oxygens (including phenoxy) is 1. The van der Waals surface area contributed by atoms with Crippen LogP contribution in [0.1, 0.15) is 64.2 Å². The average Bonchev–Trinajstić information content (AvgIpc) is 2.75. The van der Waals surface area contributed by atoms with Gasteiger partial charge in [-0.15, -0.1) is 0 Å². The number of hydrogen-bond acceptors (Lipinski definition) is 5. The Morgan fingerprint density at radius 3 is 2.16 bits per heavy atom. The van der Waals surface area contributed by atoms with Gasteiger partial charge in [-0.1, -0.05) is 48.5 Å². The van der Waals surface area contributed by atoms with Crippen LogP contribution in [0, 0.1) is 0 Å². The third-order valence-corrected chi connectivity index (χ3v) is 5.58. The number of rotatable bonds is 11. The van der Waals surface area contributed by atoms with Gasteiger partial charge in [-0.2, -0.15) is 0 Å². The summed E-state index contributed by atoms with van der Waals surface area (Å²) in [7, 11) is 0.